The molecule has 0 aromatic heterocycles. The minimum absolute atomic E-state index is 0.275. The van der Waals surface area contributed by atoms with E-state index >= 15 is 0 Å². The third-order valence-electron chi connectivity index (χ3n) is 2.08. The normalized spacial score (nSPS) is 35.7. The van der Waals surface area contributed by atoms with Crippen LogP contribution in [-0.2, 0) is 4.74 Å². The molecular weight excluding hydrogens is 140 g/mol. The Morgan fingerprint density at radius 2 is 2.55 bits per heavy atom. The van der Waals surface area contributed by atoms with E-state index in [0.29, 0.717) is 12.6 Å². The Hall–Kier alpha value is -0.850. The Morgan fingerprint density at radius 1 is 1.64 bits per heavy atom. The molecule has 0 spiro atoms. The first kappa shape index (κ1) is 6.84. The van der Waals surface area contributed by atoms with Crippen LogP contribution in [0.5, 0.6) is 0 Å². The molecule has 3 heteroatoms. The molecule has 0 aromatic rings. The van der Waals surface area contributed by atoms with Gasteiger partial charge < -0.3 is 10.1 Å². The fraction of sp³-hybridized carbons (Fsp3) is 0.625. The third-order valence-corrected chi connectivity index (χ3v) is 2.08. The molecule has 0 aromatic carbocycles. The zero-order chi connectivity index (χ0) is 7.68. The Kier molecular flexibility index (Phi) is 1.65. The second-order valence-electron chi connectivity index (χ2n) is 3.02. The first-order valence-electron chi connectivity index (χ1n) is 3.83. The van der Waals surface area contributed by atoms with Gasteiger partial charge in [0.25, 0.3) is 0 Å². The van der Waals surface area contributed by atoms with Gasteiger partial charge in [-0.2, -0.15) is 5.26 Å². The molecule has 2 aliphatic heterocycles. The summed E-state index contributed by atoms with van der Waals surface area (Å²) in [6.07, 6.45) is 2.79. The lowest BCUT2D eigenvalue weighted by Gasteiger charge is -2.33. The van der Waals surface area contributed by atoms with Crippen molar-refractivity contribution in [1.29, 1.82) is 5.26 Å². The highest BCUT2D eigenvalue weighted by molar-refractivity contribution is 5.27. The summed E-state index contributed by atoms with van der Waals surface area (Å²) < 4.78 is 5.31. The van der Waals surface area contributed by atoms with E-state index < -0.39 is 0 Å². The molecule has 0 radical (unpaired) electrons. The Labute approximate surface area is 65.6 Å². The first-order valence-corrected chi connectivity index (χ1v) is 3.83. The van der Waals surface area contributed by atoms with E-state index in [1.807, 2.05) is 6.08 Å². The Bertz CT molecular complexity index is 229. The standard InChI is InChI=1S/C8H10N2O/c9-3-6-1-7-4-11-5-8(2-6)10-7/h1,7-8,10H,2,4-5H2. The molecule has 3 nitrogen and oxygen atoms in total. The van der Waals surface area contributed by atoms with Crippen molar-refractivity contribution < 1.29 is 4.74 Å². The highest BCUT2D eigenvalue weighted by Crippen LogP contribution is 2.16. The smallest absolute Gasteiger partial charge is 0.0944 e. The number of hydrogen-bond acceptors (Lipinski definition) is 3. The van der Waals surface area contributed by atoms with Crippen molar-refractivity contribution in [3.8, 4) is 6.07 Å². The van der Waals surface area contributed by atoms with Gasteiger partial charge in [0.2, 0.25) is 0 Å². The molecule has 2 rings (SSSR count). The van der Waals surface area contributed by atoms with Gasteiger partial charge in [-0.25, -0.2) is 0 Å². The number of nitrogens with zero attached hydrogens (tertiary/aromatic N) is 1. The van der Waals surface area contributed by atoms with Crippen LogP contribution in [0, 0.1) is 11.3 Å². The molecule has 2 bridgehead atoms. The Balaban J connectivity index is 2.17. The molecular formula is C8H10N2O. The van der Waals surface area contributed by atoms with E-state index in [9.17, 15) is 0 Å². The van der Waals surface area contributed by atoms with Gasteiger partial charge in [0.15, 0.2) is 0 Å². The fourth-order valence-corrected chi connectivity index (χ4v) is 1.61. The number of fused-ring (bicyclic) bond motifs is 2. The molecule has 1 fully saturated rings. The van der Waals surface area contributed by atoms with Gasteiger partial charge in [0.1, 0.15) is 0 Å². The summed E-state index contributed by atoms with van der Waals surface area (Å²) >= 11 is 0. The molecule has 0 aliphatic carbocycles. The number of nitrogens with one attached hydrogen (secondary N) is 1. The highest BCUT2D eigenvalue weighted by Gasteiger charge is 2.25. The topological polar surface area (TPSA) is 45.0 Å². The monoisotopic (exact) mass is 150 g/mol. The molecule has 1 N–H and O–H groups in total. The van der Waals surface area contributed by atoms with Gasteiger partial charge in [-0.15, -0.1) is 0 Å². The van der Waals surface area contributed by atoms with E-state index in [2.05, 4.69) is 11.4 Å². The lowest BCUT2D eigenvalue weighted by atomic mass is 9.98. The summed E-state index contributed by atoms with van der Waals surface area (Å²) in [5.74, 6) is 0. The van der Waals surface area contributed by atoms with Crippen molar-refractivity contribution in [2.75, 3.05) is 13.2 Å². The zero-order valence-electron chi connectivity index (χ0n) is 6.21. The van der Waals surface area contributed by atoms with Crippen molar-refractivity contribution in [2.45, 2.75) is 18.5 Å². The van der Waals surface area contributed by atoms with Gasteiger partial charge in [-0.05, 0) is 6.42 Å². The number of morpholine rings is 1. The van der Waals surface area contributed by atoms with Crippen LogP contribution in [0.15, 0.2) is 11.6 Å². The van der Waals surface area contributed by atoms with E-state index in [-0.39, 0.29) is 6.04 Å². The molecule has 0 saturated carbocycles. The minimum atomic E-state index is 0.275. The van der Waals surface area contributed by atoms with Gasteiger partial charge in [-0.3, -0.25) is 0 Å². The van der Waals surface area contributed by atoms with E-state index in [1.165, 1.54) is 0 Å². The summed E-state index contributed by atoms with van der Waals surface area (Å²) in [6.45, 7) is 1.46. The lowest BCUT2D eigenvalue weighted by Crippen LogP contribution is -2.50. The van der Waals surface area contributed by atoms with Crippen LogP contribution in [0.2, 0.25) is 0 Å². The second-order valence-corrected chi connectivity index (χ2v) is 3.02. The highest BCUT2D eigenvalue weighted by atomic mass is 16.5. The van der Waals surface area contributed by atoms with Crippen molar-refractivity contribution in [2.24, 2.45) is 0 Å². The zero-order valence-corrected chi connectivity index (χ0v) is 6.21. The van der Waals surface area contributed by atoms with E-state index in [1.54, 1.807) is 0 Å². The predicted octanol–water partition coefficient (Wildman–Crippen LogP) is 0.197. The lowest BCUT2D eigenvalue weighted by molar-refractivity contribution is 0.0537. The van der Waals surface area contributed by atoms with Crippen LogP contribution in [0.4, 0.5) is 0 Å². The van der Waals surface area contributed by atoms with Crippen molar-refractivity contribution in [3.63, 3.8) is 0 Å². The SMILES string of the molecule is N#CC1=CC2COCC(C1)N2. The average Bonchev–Trinajstić information content (AvgIpc) is 2.03. The summed E-state index contributed by atoms with van der Waals surface area (Å²) in [5, 5.41) is 12.0. The average molecular weight is 150 g/mol. The maximum absolute atomic E-state index is 8.66. The van der Waals surface area contributed by atoms with Gasteiger partial charge in [0, 0.05) is 11.6 Å². The van der Waals surface area contributed by atoms with E-state index in [0.717, 1.165) is 18.6 Å². The molecule has 2 aliphatic rings. The van der Waals surface area contributed by atoms with Gasteiger partial charge in [-0.1, -0.05) is 6.08 Å². The minimum Gasteiger partial charge on any atom is -0.378 e. The first-order chi connectivity index (χ1) is 5.38. The predicted molar refractivity (Wildman–Crippen MR) is 39.8 cm³/mol. The molecule has 2 heterocycles. The molecule has 0 amide bonds. The molecule has 1 saturated heterocycles. The second kappa shape index (κ2) is 2.65. The number of ether oxygens (including phenoxy) is 1. The van der Waals surface area contributed by atoms with Crippen molar-refractivity contribution >= 4 is 0 Å². The quantitative estimate of drug-likeness (QED) is 0.536. The van der Waals surface area contributed by atoms with Gasteiger partial charge in [0.05, 0.1) is 25.3 Å². The number of nitriles is 1. The van der Waals surface area contributed by atoms with Crippen LogP contribution in [-0.4, -0.2) is 25.3 Å². The van der Waals surface area contributed by atoms with Crippen LogP contribution < -0.4 is 5.32 Å². The summed E-state index contributed by atoms with van der Waals surface area (Å²) in [6, 6.07) is 2.84. The maximum Gasteiger partial charge on any atom is 0.0944 e. The molecule has 58 valence electrons. The largest absolute Gasteiger partial charge is 0.378 e. The maximum atomic E-state index is 8.66. The van der Waals surface area contributed by atoms with Crippen LogP contribution in [0.25, 0.3) is 0 Å². The van der Waals surface area contributed by atoms with Gasteiger partial charge >= 0.3 is 0 Å². The summed E-state index contributed by atoms with van der Waals surface area (Å²) in [7, 11) is 0. The van der Waals surface area contributed by atoms with Crippen LogP contribution >= 0.6 is 0 Å². The summed E-state index contributed by atoms with van der Waals surface area (Å²) in [4.78, 5) is 0. The molecule has 2 atom stereocenters. The van der Waals surface area contributed by atoms with Crippen LogP contribution in [0.1, 0.15) is 6.42 Å². The number of hydrogen-bond donors (Lipinski definition) is 1. The van der Waals surface area contributed by atoms with Crippen molar-refractivity contribution in [1.82, 2.24) is 5.32 Å². The van der Waals surface area contributed by atoms with Crippen molar-refractivity contribution in [3.05, 3.63) is 11.6 Å². The van der Waals surface area contributed by atoms with Crippen LogP contribution in [0.3, 0.4) is 0 Å². The fourth-order valence-electron chi connectivity index (χ4n) is 1.61. The summed E-state index contributed by atoms with van der Waals surface area (Å²) in [5.41, 5.74) is 0.905. The molecule has 2 unspecified atom stereocenters. The third kappa shape index (κ3) is 1.28. The van der Waals surface area contributed by atoms with E-state index in [4.69, 9.17) is 10.00 Å². The molecule has 11 heavy (non-hydrogen) atoms. The number of rotatable bonds is 0. The Morgan fingerprint density at radius 3 is 3.27 bits per heavy atom.